The first kappa shape index (κ1) is 12.1. The Morgan fingerprint density at radius 3 is 2.61 bits per heavy atom. The van der Waals surface area contributed by atoms with Crippen LogP contribution in [0.25, 0.3) is 0 Å². The fourth-order valence-corrected chi connectivity index (χ4v) is 1.83. The summed E-state index contributed by atoms with van der Waals surface area (Å²) in [6.07, 6.45) is 3.88. The second-order valence-corrected chi connectivity index (χ2v) is 4.29. The molecule has 1 aliphatic rings. The standard InChI is InChI=1S/C12H12N4O2/c13-5-1-2-6-15-11(17)9(7-14)8-16(12(15)18)10-3-4-10/h8,10H,1-4,6H2. The fraction of sp³-hybridized carbons (Fsp3) is 0.500. The molecule has 0 aromatic carbocycles. The number of rotatable bonds is 4. The van der Waals surface area contributed by atoms with Crippen LogP contribution in [0, 0.1) is 22.7 Å². The molecule has 0 saturated heterocycles. The zero-order chi connectivity index (χ0) is 13.1. The minimum Gasteiger partial charge on any atom is -0.296 e. The van der Waals surface area contributed by atoms with E-state index >= 15 is 0 Å². The van der Waals surface area contributed by atoms with Crippen molar-refractivity contribution < 1.29 is 0 Å². The summed E-state index contributed by atoms with van der Waals surface area (Å²) in [7, 11) is 0. The van der Waals surface area contributed by atoms with Gasteiger partial charge in [0.1, 0.15) is 11.6 Å². The number of nitrogens with zero attached hydrogens (tertiary/aromatic N) is 4. The first-order valence-electron chi connectivity index (χ1n) is 5.82. The lowest BCUT2D eigenvalue weighted by molar-refractivity contribution is 0.541. The van der Waals surface area contributed by atoms with Crippen LogP contribution in [0.5, 0.6) is 0 Å². The van der Waals surface area contributed by atoms with Gasteiger partial charge in [-0.1, -0.05) is 0 Å². The molecule has 1 saturated carbocycles. The van der Waals surface area contributed by atoms with Crippen LogP contribution in [0.3, 0.4) is 0 Å². The van der Waals surface area contributed by atoms with Crippen LogP contribution >= 0.6 is 0 Å². The average molecular weight is 244 g/mol. The van der Waals surface area contributed by atoms with Crippen LogP contribution in [-0.2, 0) is 6.54 Å². The van der Waals surface area contributed by atoms with E-state index in [4.69, 9.17) is 10.5 Å². The second kappa shape index (κ2) is 4.89. The largest absolute Gasteiger partial charge is 0.331 e. The van der Waals surface area contributed by atoms with Crippen LogP contribution in [0.15, 0.2) is 15.8 Å². The van der Waals surface area contributed by atoms with Gasteiger partial charge >= 0.3 is 5.69 Å². The van der Waals surface area contributed by atoms with Gasteiger partial charge in [0.2, 0.25) is 0 Å². The number of unbranched alkanes of at least 4 members (excludes halogenated alkanes) is 1. The molecule has 1 fully saturated rings. The molecule has 0 bridgehead atoms. The zero-order valence-electron chi connectivity index (χ0n) is 9.80. The Balaban J connectivity index is 2.46. The van der Waals surface area contributed by atoms with Gasteiger partial charge in [0.25, 0.3) is 5.56 Å². The predicted molar refractivity (Wildman–Crippen MR) is 62.8 cm³/mol. The molecule has 1 aliphatic carbocycles. The van der Waals surface area contributed by atoms with Crippen molar-refractivity contribution in [3.63, 3.8) is 0 Å². The summed E-state index contributed by atoms with van der Waals surface area (Å²) in [6.45, 7) is 0.188. The smallest absolute Gasteiger partial charge is 0.296 e. The van der Waals surface area contributed by atoms with E-state index in [1.807, 2.05) is 12.1 Å². The molecule has 0 aliphatic heterocycles. The summed E-state index contributed by atoms with van der Waals surface area (Å²) < 4.78 is 2.53. The van der Waals surface area contributed by atoms with Gasteiger partial charge < -0.3 is 0 Å². The molecule has 0 unspecified atom stereocenters. The van der Waals surface area contributed by atoms with Gasteiger partial charge in [0.05, 0.1) is 6.07 Å². The Bertz CT molecular complexity index is 653. The van der Waals surface area contributed by atoms with E-state index < -0.39 is 5.56 Å². The van der Waals surface area contributed by atoms with Gasteiger partial charge in [0, 0.05) is 25.2 Å². The molecule has 0 amide bonds. The van der Waals surface area contributed by atoms with Crippen molar-refractivity contribution in [1.82, 2.24) is 9.13 Å². The van der Waals surface area contributed by atoms with Crippen molar-refractivity contribution in [1.29, 1.82) is 10.5 Å². The molecule has 2 rings (SSSR count). The van der Waals surface area contributed by atoms with E-state index in [1.165, 1.54) is 10.8 Å². The van der Waals surface area contributed by atoms with Crippen molar-refractivity contribution >= 4 is 0 Å². The first-order valence-corrected chi connectivity index (χ1v) is 5.82. The third-order valence-corrected chi connectivity index (χ3v) is 2.93. The third-order valence-electron chi connectivity index (χ3n) is 2.93. The topological polar surface area (TPSA) is 91.6 Å². The molecule has 6 nitrogen and oxygen atoms in total. The zero-order valence-corrected chi connectivity index (χ0v) is 9.80. The lowest BCUT2D eigenvalue weighted by Crippen LogP contribution is -2.40. The normalized spacial score (nSPS) is 13.9. The maximum atomic E-state index is 12.1. The van der Waals surface area contributed by atoms with E-state index in [0.29, 0.717) is 6.42 Å². The molecule has 0 N–H and O–H groups in total. The van der Waals surface area contributed by atoms with E-state index in [9.17, 15) is 9.59 Å². The molecule has 18 heavy (non-hydrogen) atoms. The minimum absolute atomic E-state index is 0.0153. The molecular formula is C12H12N4O2. The maximum absolute atomic E-state index is 12.1. The van der Waals surface area contributed by atoms with E-state index in [0.717, 1.165) is 17.4 Å². The van der Waals surface area contributed by atoms with Crippen molar-refractivity contribution in [3.8, 4) is 12.1 Å². The SMILES string of the molecule is N#CCCCn1c(=O)c(C#N)cn(C2CC2)c1=O. The lowest BCUT2D eigenvalue weighted by atomic mass is 10.3. The van der Waals surface area contributed by atoms with Crippen molar-refractivity contribution in [2.75, 3.05) is 0 Å². The van der Waals surface area contributed by atoms with Gasteiger partial charge in [-0.3, -0.25) is 13.9 Å². The number of aromatic nitrogens is 2. The summed E-state index contributed by atoms with van der Waals surface area (Å²) in [5, 5.41) is 17.4. The summed E-state index contributed by atoms with van der Waals surface area (Å²) >= 11 is 0. The highest BCUT2D eigenvalue weighted by atomic mass is 16.2. The highest BCUT2D eigenvalue weighted by Crippen LogP contribution is 2.33. The first-order chi connectivity index (χ1) is 8.69. The van der Waals surface area contributed by atoms with Gasteiger partial charge in [-0.05, 0) is 19.3 Å². The third kappa shape index (κ3) is 2.18. The summed E-state index contributed by atoms with van der Waals surface area (Å²) in [4.78, 5) is 23.9. The fourth-order valence-electron chi connectivity index (χ4n) is 1.83. The van der Waals surface area contributed by atoms with Gasteiger partial charge in [-0.15, -0.1) is 0 Å². The van der Waals surface area contributed by atoms with Crippen LogP contribution in [0.2, 0.25) is 0 Å². The van der Waals surface area contributed by atoms with E-state index in [2.05, 4.69) is 0 Å². The highest BCUT2D eigenvalue weighted by molar-refractivity contribution is 5.23. The number of hydrogen-bond donors (Lipinski definition) is 0. The monoisotopic (exact) mass is 244 g/mol. The summed E-state index contributed by atoms with van der Waals surface area (Å²) in [6, 6.07) is 3.90. The summed E-state index contributed by atoms with van der Waals surface area (Å²) in [5.74, 6) is 0. The van der Waals surface area contributed by atoms with E-state index in [1.54, 1.807) is 0 Å². The van der Waals surface area contributed by atoms with Crippen LogP contribution in [0.1, 0.15) is 37.3 Å². The lowest BCUT2D eigenvalue weighted by Gasteiger charge is -2.09. The molecule has 6 heteroatoms. The maximum Gasteiger partial charge on any atom is 0.331 e. The van der Waals surface area contributed by atoms with Crippen LogP contribution in [0.4, 0.5) is 0 Å². The molecule has 1 heterocycles. The molecular weight excluding hydrogens is 232 g/mol. The minimum atomic E-state index is -0.558. The van der Waals surface area contributed by atoms with Gasteiger partial charge in [-0.2, -0.15) is 10.5 Å². The number of hydrogen-bond acceptors (Lipinski definition) is 4. The molecule has 0 spiro atoms. The average Bonchev–Trinajstić information content (AvgIpc) is 3.18. The highest BCUT2D eigenvalue weighted by Gasteiger charge is 2.26. The van der Waals surface area contributed by atoms with Crippen molar-refractivity contribution in [2.45, 2.75) is 38.3 Å². The molecule has 1 aromatic rings. The second-order valence-electron chi connectivity index (χ2n) is 4.29. The van der Waals surface area contributed by atoms with E-state index in [-0.39, 0.29) is 30.3 Å². The predicted octanol–water partition coefficient (Wildman–Crippen LogP) is 0.520. The quantitative estimate of drug-likeness (QED) is 0.722. The Kier molecular flexibility index (Phi) is 3.29. The van der Waals surface area contributed by atoms with Crippen LogP contribution in [-0.4, -0.2) is 9.13 Å². The summed E-state index contributed by atoms with van der Waals surface area (Å²) in [5.41, 5.74) is -0.949. The molecule has 1 aromatic heterocycles. The van der Waals surface area contributed by atoms with Gasteiger partial charge in [-0.25, -0.2) is 4.79 Å². The Morgan fingerprint density at radius 1 is 1.33 bits per heavy atom. The molecule has 92 valence electrons. The Hall–Kier alpha value is -2.34. The molecule has 0 radical (unpaired) electrons. The van der Waals surface area contributed by atoms with Gasteiger partial charge in [0.15, 0.2) is 0 Å². The number of nitriles is 2. The van der Waals surface area contributed by atoms with Crippen molar-refractivity contribution in [2.24, 2.45) is 0 Å². The molecule has 0 atom stereocenters. The van der Waals surface area contributed by atoms with Crippen molar-refractivity contribution in [3.05, 3.63) is 32.6 Å². The Morgan fingerprint density at radius 2 is 2.06 bits per heavy atom. The Labute approximate surface area is 103 Å². The van der Waals surface area contributed by atoms with Crippen LogP contribution < -0.4 is 11.2 Å².